The molecule has 3 heterocycles. The number of rotatable bonds is 3. The lowest BCUT2D eigenvalue weighted by molar-refractivity contribution is -0.157. The summed E-state index contributed by atoms with van der Waals surface area (Å²) in [6, 6.07) is 3.22. The van der Waals surface area contributed by atoms with Crippen LogP contribution in [0.3, 0.4) is 0 Å². The van der Waals surface area contributed by atoms with E-state index in [4.69, 9.17) is 0 Å². The fourth-order valence-electron chi connectivity index (χ4n) is 3.49. The number of halogens is 6. The second kappa shape index (κ2) is 7.61. The summed E-state index contributed by atoms with van der Waals surface area (Å²) in [4.78, 5) is 23.3. The second-order valence-electron chi connectivity index (χ2n) is 7.19. The van der Waals surface area contributed by atoms with Gasteiger partial charge in [-0.15, -0.1) is 0 Å². The van der Waals surface area contributed by atoms with Gasteiger partial charge in [0.15, 0.2) is 0 Å². The van der Waals surface area contributed by atoms with E-state index in [-0.39, 0.29) is 17.0 Å². The van der Waals surface area contributed by atoms with Gasteiger partial charge in [0.05, 0.1) is 17.4 Å². The Morgan fingerprint density at radius 1 is 1.12 bits per heavy atom. The van der Waals surface area contributed by atoms with Crippen molar-refractivity contribution in [3.8, 4) is 11.3 Å². The van der Waals surface area contributed by atoms with Crippen LogP contribution in [0.4, 0.5) is 26.3 Å². The summed E-state index contributed by atoms with van der Waals surface area (Å²) in [5.74, 6) is -2.94. The van der Waals surface area contributed by atoms with Gasteiger partial charge in [-0.25, -0.2) is 4.98 Å². The Kier molecular flexibility index (Phi) is 5.18. The molecule has 1 aliphatic carbocycles. The fraction of sp³-hybridized carbons (Fsp3) is 0.300. The van der Waals surface area contributed by atoms with Crippen molar-refractivity contribution in [3.63, 3.8) is 0 Å². The van der Waals surface area contributed by atoms with Crippen LogP contribution in [0.15, 0.2) is 35.0 Å². The van der Waals surface area contributed by atoms with Crippen molar-refractivity contribution in [2.24, 2.45) is 0 Å². The minimum atomic E-state index is -4.83. The van der Waals surface area contributed by atoms with E-state index in [1.54, 1.807) is 6.07 Å². The van der Waals surface area contributed by atoms with Crippen molar-refractivity contribution >= 4 is 5.91 Å². The molecule has 0 bridgehead atoms. The normalized spacial score (nSPS) is 16.2. The number of carbonyl (C=O) groups is 1. The average molecular weight is 456 g/mol. The molecule has 0 fully saturated rings. The Morgan fingerprint density at radius 2 is 1.88 bits per heavy atom. The molecular formula is C20H14F6N4O2. The van der Waals surface area contributed by atoms with Gasteiger partial charge in [0.25, 0.3) is 5.91 Å². The summed E-state index contributed by atoms with van der Waals surface area (Å²) >= 11 is 0. The first-order chi connectivity index (χ1) is 14.9. The van der Waals surface area contributed by atoms with Crippen LogP contribution in [0.5, 0.6) is 0 Å². The SMILES string of the molecule is Cc1nc(C(F)(F)F)oc1C(=O)N[C@@H]1CCc2cnc(-c3ccnc(C(F)(F)F)c3)cc21. The highest BCUT2D eigenvalue weighted by atomic mass is 19.4. The quantitative estimate of drug-likeness (QED) is 0.568. The van der Waals surface area contributed by atoms with E-state index in [1.165, 1.54) is 19.2 Å². The Labute approximate surface area is 176 Å². The first kappa shape index (κ1) is 21.8. The highest BCUT2D eigenvalue weighted by Crippen LogP contribution is 2.35. The van der Waals surface area contributed by atoms with Crippen molar-refractivity contribution in [1.29, 1.82) is 0 Å². The van der Waals surface area contributed by atoms with E-state index in [9.17, 15) is 31.1 Å². The van der Waals surface area contributed by atoms with Crippen molar-refractivity contribution in [2.75, 3.05) is 0 Å². The number of aryl methyl sites for hydroxylation is 2. The summed E-state index contributed by atoms with van der Waals surface area (Å²) in [5, 5.41) is 2.61. The van der Waals surface area contributed by atoms with Crippen LogP contribution in [-0.4, -0.2) is 20.9 Å². The number of amides is 1. The molecule has 1 amide bonds. The topological polar surface area (TPSA) is 80.9 Å². The van der Waals surface area contributed by atoms with Gasteiger partial charge < -0.3 is 9.73 Å². The summed E-state index contributed by atoms with van der Waals surface area (Å²) < 4.78 is 81.8. The third-order valence-corrected chi connectivity index (χ3v) is 5.00. The van der Waals surface area contributed by atoms with Gasteiger partial charge in [-0.1, -0.05) is 0 Å². The molecular weight excluding hydrogens is 442 g/mol. The third kappa shape index (κ3) is 4.16. The zero-order valence-corrected chi connectivity index (χ0v) is 16.3. The second-order valence-corrected chi connectivity index (χ2v) is 7.19. The van der Waals surface area contributed by atoms with Crippen LogP contribution in [0, 0.1) is 6.92 Å². The minimum Gasteiger partial charge on any atom is -0.427 e. The maximum Gasteiger partial charge on any atom is 0.468 e. The molecule has 12 heteroatoms. The van der Waals surface area contributed by atoms with Crippen LogP contribution in [0.2, 0.25) is 0 Å². The largest absolute Gasteiger partial charge is 0.468 e. The summed E-state index contributed by atoms with van der Waals surface area (Å²) in [6.07, 6.45) is -5.95. The van der Waals surface area contributed by atoms with Crippen LogP contribution in [-0.2, 0) is 18.8 Å². The summed E-state index contributed by atoms with van der Waals surface area (Å²) in [7, 11) is 0. The molecule has 0 spiro atoms. The molecule has 0 unspecified atom stereocenters. The highest BCUT2D eigenvalue weighted by Gasteiger charge is 2.39. The number of carbonyl (C=O) groups excluding carboxylic acids is 1. The van der Waals surface area contributed by atoms with Gasteiger partial charge >= 0.3 is 18.2 Å². The molecule has 1 aliphatic rings. The fourth-order valence-corrected chi connectivity index (χ4v) is 3.49. The molecule has 32 heavy (non-hydrogen) atoms. The zero-order valence-electron chi connectivity index (χ0n) is 16.3. The van der Waals surface area contributed by atoms with Gasteiger partial charge in [-0.05, 0) is 49.1 Å². The smallest absolute Gasteiger partial charge is 0.427 e. The number of aromatic nitrogens is 3. The highest BCUT2D eigenvalue weighted by molar-refractivity contribution is 5.92. The predicted octanol–water partition coefficient (Wildman–Crippen LogP) is 4.89. The Morgan fingerprint density at radius 3 is 2.53 bits per heavy atom. The molecule has 1 atom stereocenters. The summed E-state index contributed by atoms with van der Waals surface area (Å²) in [6.45, 7) is 1.22. The maximum atomic E-state index is 13.0. The molecule has 168 valence electrons. The molecule has 3 aromatic rings. The van der Waals surface area contributed by atoms with E-state index < -0.39 is 41.6 Å². The molecule has 3 aromatic heterocycles. The van der Waals surface area contributed by atoms with E-state index in [1.807, 2.05) is 0 Å². The molecule has 1 N–H and O–H groups in total. The molecule has 6 nitrogen and oxygen atoms in total. The minimum absolute atomic E-state index is 0.188. The monoisotopic (exact) mass is 456 g/mol. The number of hydrogen-bond acceptors (Lipinski definition) is 5. The molecule has 0 saturated heterocycles. The van der Waals surface area contributed by atoms with E-state index >= 15 is 0 Å². The number of fused-ring (bicyclic) bond motifs is 1. The number of pyridine rings is 2. The summed E-state index contributed by atoms with van der Waals surface area (Å²) in [5.41, 5.74) is 0.542. The number of nitrogens with one attached hydrogen (secondary N) is 1. The Balaban J connectivity index is 1.60. The van der Waals surface area contributed by atoms with Gasteiger partial charge in [-0.3, -0.25) is 14.8 Å². The Bertz CT molecular complexity index is 1190. The molecule has 0 saturated carbocycles. The molecule has 0 radical (unpaired) electrons. The first-order valence-corrected chi connectivity index (χ1v) is 9.31. The number of alkyl halides is 6. The van der Waals surface area contributed by atoms with E-state index in [0.29, 0.717) is 18.4 Å². The van der Waals surface area contributed by atoms with E-state index in [2.05, 4.69) is 24.7 Å². The molecule has 0 aromatic carbocycles. The Hall–Kier alpha value is -3.44. The van der Waals surface area contributed by atoms with Gasteiger partial charge in [-0.2, -0.15) is 26.3 Å². The van der Waals surface area contributed by atoms with Crippen molar-refractivity contribution in [1.82, 2.24) is 20.3 Å². The van der Waals surface area contributed by atoms with Crippen molar-refractivity contribution < 1.29 is 35.6 Å². The lowest BCUT2D eigenvalue weighted by atomic mass is 10.0. The predicted molar refractivity (Wildman–Crippen MR) is 97.2 cm³/mol. The van der Waals surface area contributed by atoms with Crippen LogP contribution in [0.25, 0.3) is 11.3 Å². The number of hydrogen-bond donors (Lipinski definition) is 1. The van der Waals surface area contributed by atoms with Gasteiger partial charge in [0, 0.05) is 18.0 Å². The van der Waals surface area contributed by atoms with Crippen molar-refractivity contribution in [3.05, 3.63) is 64.8 Å². The lowest BCUT2D eigenvalue weighted by Gasteiger charge is -2.14. The third-order valence-electron chi connectivity index (χ3n) is 5.00. The first-order valence-electron chi connectivity index (χ1n) is 9.31. The molecule has 4 rings (SSSR count). The van der Waals surface area contributed by atoms with Crippen LogP contribution >= 0.6 is 0 Å². The maximum absolute atomic E-state index is 13.0. The average Bonchev–Trinajstić information content (AvgIpc) is 3.30. The van der Waals surface area contributed by atoms with Crippen LogP contribution in [0.1, 0.15) is 51.4 Å². The number of nitrogens with zero attached hydrogens (tertiary/aromatic N) is 3. The van der Waals surface area contributed by atoms with Crippen LogP contribution < -0.4 is 5.32 Å². The molecule has 0 aliphatic heterocycles. The van der Waals surface area contributed by atoms with Crippen molar-refractivity contribution in [2.45, 2.75) is 38.2 Å². The number of oxazole rings is 1. The van der Waals surface area contributed by atoms with Gasteiger partial charge in [0.1, 0.15) is 5.69 Å². The zero-order chi connectivity index (χ0) is 23.3. The van der Waals surface area contributed by atoms with E-state index in [0.717, 1.165) is 17.8 Å². The standard InChI is InChI=1S/C20H14F6N4O2/c1-9-16(32-18(29-9)20(24,25)26)17(31)30-13-3-2-11-8-28-14(7-12(11)13)10-4-5-27-15(6-10)19(21,22)23/h4-8,13H,2-3H2,1H3,(H,30,31)/t13-/m1/s1. The lowest BCUT2D eigenvalue weighted by Crippen LogP contribution is -2.27. The van der Waals surface area contributed by atoms with Gasteiger partial charge in [0.2, 0.25) is 5.76 Å².